The number of carboxylic acid groups (broad SMARTS) is 1. The van der Waals surface area contributed by atoms with Gasteiger partial charge in [-0.25, -0.2) is 0 Å². The largest absolute Gasteiger partial charge is 0.480 e. The van der Waals surface area contributed by atoms with Crippen LogP contribution < -0.4 is 0 Å². The second-order valence-corrected chi connectivity index (χ2v) is 5.27. The first-order valence-electron chi connectivity index (χ1n) is 4.60. The standard InChI is InChI=1S/C9H16Br2O2/c1-2-3-4-5-6-7(10)8(11)9(12)13/h7-8H,2-6H2,1H3,(H,12,13)/t7-,8+/m0/s1. The molecule has 0 unspecified atom stereocenters. The zero-order valence-electron chi connectivity index (χ0n) is 7.80. The van der Waals surface area contributed by atoms with Crippen LogP contribution in [0.1, 0.15) is 39.0 Å². The summed E-state index contributed by atoms with van der Waals surface area (Å²) in [5.41, 5.74) is 0. The van der Waals surface area contributed by atoms with Crippen LogP contribution in [0.25, 0.3) is 0 Å². The van der Waals surface area contributed by atoms with Crippen LogP contribution in [0.2, 0.25) is 0 Å². The highest BCUT2D eigenvalue weighted by molar-refractivity contribution is 9.12. The van der Waals surface area contributed by atoms with Crippen LogP contribution >= 0.6 is 31.9 Å². The molecule has 0 aliphatic heterocycles. The van der Waals surface area contributed by atoms with Crippen molar-refractivity contribution < 1.29 is 9.90 Å². The second-order valence-electron chi connectivity index (χ2n) is 3.11. The van der Waals surface area contributed by atoms with Crippen molar-refractivity contribution in [3.8, 4) is 0 Å². The van der Waals surface area contributed by atoms with Crippen LogP contribution in [0, 0.1) is 0 Å². The fourth-order valence-corrected chi connectivity index (χ4v) is 1.88. The van der Waals surface area contributed by atoms with E-state index in [0.29, 0.717) is 0 Å². The maximum atomic E-state index is 10.6. The molecule has 0 aromatic rings. The van der Waals surface area contributed by atoms with Crippen molar-refractivity contribution in [1.29, 1.82) is 0 Å². The number of unbranched alkanes of at least 4 members (excludes halogenated alkanes) is 3. The Hall–Kier alpha value is 0.430. The minimum Gasteiger partial charge on any atom is -0.480 e. The summed E-state index contributed by atoms with van der Waals surface area (Å²) in [6, 6.07) is 0. The molecule has 0 saturated heterocycles. The third kappa shape index (κ3) is 6.49. The highest BCUT2D eigenvalue weighted by Gasteiger charge is 2.21. The minimum absolute atomic E-state index is 0.0434. The number of rotatable bonds is 7. The van der Waals surface area contributed by atoms with Crippen molar-refractivity contribution in [3.05, 3.63) is 0 Å². The highest BCUT2D eigenvalue weighted by Crippen LogP contribution is 2.20. The molecule has 0 radical (unpaired) electrons. The Morgan fingerprint density at radius 3 is 2.38 bits per heavy atom. The normalized spacial score (nSPS) is 15.3. The average molecular weight is 316 g/mol. The molecule has 2 nitrogen and oxygen atoms in total. The van der Waals surface area contributed by atoms with Crippen LogP contribution in [-0.4, -0.2) is 20.7 Å². The quantitative estimate of drug-likeness (QED) is 0.576. The zero-order chi connectivity index (χ0) is 10.3. The maximum absolute atomic E-state index is 10.6. The number of carbonyl (C=O) groups is 1. The lowest BCUT2D eigenvalue weighted by molar-refractivity contribution is -0.136. The lowest BCUT2D eigenvalue weighted by atomic mass is 10.1. The van der Waals surface area contributed by atoms with Gasteiger partial charge in [-0.15, -0.1) is 0 Å². The maximum Gasteiger partial charge on any atom is 0.318 e. The SMILES string of the molecule is CCCCCC[C@H](Br)[C@@H](Br)C(=O)O. The van der Waals surface area contributed by atoms with Crippen molar-refractivity contribution in [2.24, 2.45) is 0 Å². The molecule has 0 amide bonds. The first-order valence-corrected chi connectivity index (χ1v) is 6.43. The summed E-state index contributed by atoms with van der Waals surface area (Å²) in [6.07, 6.45) is 5.66. The van der Waals surface area contributed by atoms with Crippen molar-refractivity contribution in [2.45, 2.75) is 48.7 Å². The molecule has 0 fully saturated rings. The van der Waals surface area contributed by atoms with E-state index >= 15 is 0 Å². The number of halogens is 2. The van der Waals surface area contributed by atoms with Gasteiger partial charge in [-0.05, 0) is 6.42 Å². The summed E-state index contributed by atoms with van der Waals surface area (Å²) in [7, 11) is 0. The fraction of sp³-hybridized carbons (Fsp3) is 0.889. The van der Waals surface area contributed by atoms with Crippen molar-refractivity contribution in [3.63, 3.8) is 0 Å². The second kappa shape index (κ2) is 7.80. The van der Waals surface area contributed by atoms with Gasteiger partial charge in [0, 0.05) is 4.83 Å². The smallest absolute Gasteiger partial charge is 0.318 e. The number of aliphatic carboxylic acids is 1. The van der Waals surface area contributed by atoms with Gasteiger partial charge in [0.25, 0.3) is 0 Å². The van der Waals surface area contributed by atoms with Crippen LogP contribution in [-0.2, 0) is 4.79 Å². The molecule has 0 bridgehead atoms. The van der Waals surface area contributed by atoms with Crippen LogP contribution in [0.3, 0.4) is 0 Å². The van der Waals surface area contributed by atoms with E-state index < -0.39 is 10.8 Å². The molecular formula is C9H16Br2O2. The van der Waals surface area contributed by atoms with Crippen LogP contribution in [0.5, 0.6) is 0 Å². The van der Waals surface area contributed by atoms with Gasteiger partial charge < -0.3 is 5.11 Å². The summed E-state index contributed by atoms with van der Waals surface area (Å²) >= 11 is 6.50. The van der Waals surface area contributed by atoms with Gasteiger partial charge >= 0.3 is 5.97 Å². The summed E-state index contributed by atoms with van der Waals surface area (Å²) in [5.74, 6) is -0.794. The Bertz CT molecular complexity index is 151. The predicted octanol–water partition coefficient (Wildman–Crippen LogP) is 3.57. The average Bonchev–Trinajstić information content (AvgIpc) is 2.10. The zero-order valence-corrected chi connectivity index (χ0v) is 11.0. The van der Waals surface area contributed by atoms with E-state index in [-0.39, 0.29) is 4.83 Å². The molecule has 13 heavy (non-hydrogen) atoms. The van der Waals surface area contributed by atoms with E-state index in [1.54, 1.807) is 0 Å². The van der Waals surface area contributed by atoms with E-state index in [1.165, 1.54) is 19.3 Å². The van der Waals surface area contributed by atoms with Gasteiger partial charge in [-0.2, -0.15) is 0 Å². The number of hydrogen-bond donors (Lipinski definition) is 1. The third-order valence-electron chi connectivity index (χ3n) is 1.89. The third-order valence-corrected chi connectivity index (χ3v) is 4.61. The Kier molecular flexibility index (Phi) is 8.06. The summed E-state index contributed by atoms with van der Waals surface area (Å²) in [4.78, 5) is 10.1. The Morgan fingerprint density at radius 1 is 1.31 bits per heavy atom. The lowest BCUT2D eigenvalue weighted by Gasteiger charge is -2.11. The molecule has 0 heterocycles. The van der Waals surface area contributed by atoms with E-state index in [9.17, 15) is 4.79 Å². The molecule has 0 rings (SSSR count). The Balaban J connectivity index is 3.50. The summed E-state index contributed by atoms with van der Waals surface area (Å²) in [6.45, 7) is 2.16. The Morgan fingerprint density at radius 2 is 1.92 bits per heavy atom. The molecule has 0 spiro atoms. The number of hydrogen-bond acceptors (Lipinski definition) is 1. The van der Waals surface area contributed by atoms with E-state index in [0.717, 1.165) is 12.8 Å². The topological polar surface area (TPSA) is 37.3 Å². The minimum atomic E-state index is -0.794. The van der Waals surface area contributed by atoms with Gasteiger partial charge in [0.15, 0.2) is 0 Å². The Labute approximate surface area is 96.3 Å². The first kappa shape index (κ1) is 13.4. The molecule has 78 valence electrons. The molecule has 2 atom stereocenters. The number of carboxylic acids is 1. The van der Waals surface area contributed by atoms with Crippen molar-refractivity contribution in [2.75, 3.05) is 0 Å². The highest BCUT2D eigenvalue weighted by atomic mass is 79.9. The predicted molar refractivity (Wildman–Crippen MR) is 61.8 cm³/mol. The summed E-state index contributed by atoms with van der Waals surface area (Å²) in [5, 5.41) is 8.68. The van der Waals surface area contributed by atoms with E-state index in [2.05, 4.69) is 38.8 Å². The molecule has 0 aliphatic rings. The van der Waals surface area contributed by atoms with Gasteiger partial charge in [0.05, 0.1) is 0 Å². The molecule has 0 aliphatic carbocycles. The molecular weight excluding hydrogens is 300 g/mol. The number of alkyl halides is 2. The monoisotopic (exact) mass is 314 g/mol. The summed E-state index contributed by atoms with van der Waals surface area (Å²) < 4.78 is 0. The molecule has 1 N–H and O–H groups in total. The van der Waals surface area contributed by atoms with Crippen molar-refractivity contribution >= 4 is 37.8 Å². The van der Waals surface area contributed by atoms with Crippen molar-refractivity contribution in [1.82, 2.24) is 0 Å². The van der Waals surface area contributed by atoms with E-state index in [1.807, 2.05) is 0 Å². The van der Waals surface area contributed by atoms with Gasteiger partial charge in [0.2, 0.25) is 0 Å². The van der Waals surface area contributed by atoms with Gasteiger partial charge in [-0.3, -0.25) is 4.79 Å². The van der Waals surface area contributed by atoms with Gasteiger partial charge in [-0.1, -0.05) is 64.5 Å². The molecule has 0 saturated carbocycles. The molecule has 0 aromatic carbocycles. The van der Waals surface area contributed by atoms with E-state index in [4.69, 9.17) is 5.11 Å². The molecule has 0 aromatic heterocycles. The lowest BCUT2D eigenvalue weighted by Crippen LogP contribution is -2.23. The first-order chi connectivity index (χ1) is 6.09. The van der Waals surface area contributed by atoms with Crippen LogP contribution in [0.4, 0.5) is 0 Å². The van der Waals surface area contributed by atoms with Gasteiger partial charge in [0.1, 0.15) is 4.83 Å². The van der Waals surface area contributed by atoms with Crippen LogP contribution in [0.15, 0.2) is 0 Å². The molecule has 4 heteroatoms. The fourth-order valence-electron chi connectivity index (χ4n) is 1.07.